The van der Waals surface area contributed by atoms with Crippen LogP contribution in [0.15, 0.2) is 30.3 Å². The SMILES string of the molecule is CC1(C)OC2C(O)CSC(Cc3ccccc3)C(O)C2O1. The quantitative estimate of drug-likeness (QED) is 0.869. The molecule has 0 aliphatic carbocycles. The maximum Gasteiger partial charge on any atom is 0.164 e. The predicted octanol–water partition coefficient (Wildman–Crippen LogP) is 1.59. The van der Waals surface area contributed by atoms with Crippen LogP contribution in [0.3, 0.4) is 0 Å². The average Bonchev–Trinajstić information content (AvgIpc) is 2.75. The van der Waals surface area contributed by atoms with E-state index in [1.165, 1.54) is 5.56 Å². The van der Waals surface area contributed by atoms with Crippen molar-refractivity contribution in [2.24, 2.45) is 0 Å². The molecule has 2 fully saturated rings. The fourth-order valence-electron chi connectivity index (χ4n) is 3.03. The number of aliphatic hydroxyl groups is 2. The van der Waals surface area contributed by atoms with Gasteiger partial charge in [0.15, 0.2) is 5.79 Å². The summed E-state index contributed by atoms with van der Waals surface area (Å²) in [5.74, 6) is -0.203. The largest absolute Gasteiger partial charge is 0.389 e. The lowest BCUT2D eigenvalue weighted by Crippen LogP contribution is -2.44. The molecule has 2 aliphatic heterocycles. The second-order valence-corrected chi connectivity index (χ2v) is 7.46. The number of hydrogen-bond acceptors (Lipinski definition) is 5. The first-order valence-electron chi connectivity index (χ1n) is 7.33. The van der Waals surface area contributed by atoms with Gasteiger partial charge in [-0.15, -0.1) is 0 Å². The molecule has 0 amide bonds. The van der Waals surface area contributed by atoms with Gasteiger partial charge in [0.25, 0.3) is 0 Å². The van der Waals surface area contributed by atoms with E-state index < -0.39 is 30.2 Å². The lowest BCUT2D eigenvalue weighted by Gasteiger charge is -2.26. The predicted molar refractivity (Wildman–Crippen MR) is 82.2 cm³/mol. The number of rotatable bonds is 2. The standard InChI is InChI=1S/C16H22O4S/c1-16(2)19-14-11(17)9-21-12(13(18)15(14)20-16)8-10-6-4-3-5-7-10/h3-7,11-15,17-18H,8-9H2,1-2H3. The van der Waals surface area contributed by atoms with Gasteiger partial charge in [-0.1, -0.05) is 30.3 Å². The van der Waals surface area contributed by atoms with Crippen molar-refractivity contribution in [3.8, 4) is 0 Å². The van der Waals surface area contributed by atoms with Crippen molar-refractivity contribution in [1.82, 2.24) is 0 Å². The van der Waals surface area contributed by atoms with E-state index in [0.717, 1.165) is 6.42 Å². The smallest absolute Gasteiger partial charge is 0.164 e. The van der Waals surface area contributed by atoms with Gasteiger partial charge in [-0.05, 0) is 25.8 Å². The van der Waals surface area contributed by atoms with E-state index in [-0.39, 0.29) is 5.25 Å². The van der Waals surface area contributed by atoms with Crippen molar-refractivity contribution < 1.29 is 19.7 Å². The molecule has 1 aromatic carbocycles. The summed E-state index contributed by atoms with van der Waals surface area (Å²) in [7, 11) is 0. The summed E-state index contributed by atoms with van der Waals surface area (Å²) in [6, 6.07) is 10.1. The Balaban J connectivity index is 1.78. The zero-order valence-corrected chi connectivity index (χ0v) is 13.1. The van der Waals surface area contributed by atoms with Crippen LogP contribution in [0.4, 0.5) is 0 Å². The van der Waals surface area contributed by atoms with Crippen LogP contribution in [0.5, 0.6) is 0 Å². The van der Waals surface area contributed by atoms with E-state index in [2.05, 4.69) is 12.1 Å². The Morgan fingerprint density at radius 1 is 1.14 bits per heavy atom. The maximum absolute atomic E-state index is 10.7. The maximum atomic E-state index is 10.7. The van der Waals surface area contributed by atoms with Gasteiger partial charge in [0.05, 0.1) is 12.2 Å². The topological polar surface area (TPSA) is 58.9 Å². The molecule has 1 aromatic rings. The van der Waals surface area contributed by atoms with Crippen molar-refractivity contribution >= 4 is 11.8 Å². The minimum Gasteiger partial charge on any atom is -0.389 e. The highest BCUT2D eigenvalue weighted by Gasteiger charge is 2.51. The Morgan fingerprint density at radius 2 is 1.81 bits per heavy atom. The molecule has 0 bridgehead atoms. The minimum atomic E-state index is -0.753. The Bertz CT molecular complexity index is 478. The summed E-state index contributed by atoms with van der Waals surface area (Å²) >= 11 is 1.59. The number of ether oxygens (including phenoxy) is 2. The first-order chi connectivity index (χ1) is 9.96. The van der Waals surface area contributed by atoms with E-state index in [1.807, 2.05) is 32.0 Å². The molecule has 5 atom stereocenters. The van der Waals surface area contributed by atoms with Gasteiger partial charge in [0.2, 0.25) is 0 Å². The monoisotopic (exact) mass is 310 g/mol. The Hall–Kier alpha value is -0.590. The van der Waals surface area contributed by atoms with Crippen molar-refractivity contribution in [2.45, 2.75) is 55.7 Å². The Labute approximate surface area is 129 Å². The van der Waals surface area contributed by atoms with Crippen LogP contribution in [-0.2, 0) is 15.9 Å². The van der Waals surface area contributed by atoms with E-state index in [1.54, 1.807) is 11.8 Å². The van der Waals surface area contributed by atoms with Gasteiger partial charge >= 0.3 is 0 Å². The van der Waals surface area contributed by atoms with Crippen LogP contribution in [0.1, 0.15) is 19.4 Å². The van der Waals surface area contributed by atoms with E-state index >= 15 is 0 Å². The first kappa shape index (κ1) is 15.3. The van der Waals surface area contributed by atoms with Gasteiger partial charge in [-0.3, -0.25) is 0 Å². The fraction of sp³-hybridized carbons (Fsp3) is 0.625. The molecule has 0 spiro atoms. The number of fused-ring (bicyclic) bond motifs is 1. The lowest BCUT2D eigenvalue weighted by molar-refractivity contribution is -0.160. The lowest BCUT2D eigenvalue weighted by atomic mass is 9.98. The van der Waals surface area contributed by atoms with Gasteiger partial charge in [-0.2, -0.15) is 11.8 Å². The summed E-state index contributed by atoms with van der Waals surface area (Å²) in [6.07, 6.45) is -1.44. The molecule has 21 heavy (non-hydrogen) atoms. The van der Waals surface area contributed by atoms with Crippen molar-refractivity contribution in [1.29, 1.82) is 0 Å². The second-order valence-electron chi connectivity index (χ2n) is 6.18. The molecule has 4 nitrogen and oxygen atoms in total. The number of aliphatic hydroxyl groups excluding tert-OH is 2. The van der Waals surface area contributed by atoms with Gasteiger partial charge in [-0.25, -0.2) is 0 Å². The normalized spacial score (nSPS) is 38.8. The zero-order chi connectivity index (χ0) is 15.0. The molecule has 0 aromatic heterocycles. The zero-order valence-electron chi connectivity index (χ0n) is 12.3. The first-order valence-corrected chi connectivity index (χ1v) is 8.38. The van der Waals surface area contributed by atoms with Gasteiger partial charge < -0.3 is 19.7 Å². The van der Waals surface area contributed by atoms with Gasteiger partial charge in [0, 0.05) is 11.0 Å². The van der Waals surface area contributed by atoms with Gasteiger partial charge in [0.1, 0.15) is 12.2 Å². The minimum absolute atomic E-state index is 0.00505. The molecule has 0 radical (unpaired) electrons. The summed E-state index contributed by atoms with van der Waals surface area (Å²) in [5, 5.41) is 20.9. The van der Waals surface area contributed by atoms with Crippen LogP contribution < -0.4 is 0 Å². The van der Waals surface area contributed by atoms with Crippen LogP contribution in [0, 0.1) is 0 Å². The van der Waals surface area contributed by atoms with Crippen LogP contribution >= 0.6 is 11.8 Å². The summed E-state index contributed by atoms with van der Waals surface area (Å²) < 4.78 is 11.6. The molecular formula is C16H22O4S. The molecule has 0 saturated carbocycles. The van der Waals surface area contributed by atoms with Crippen molar-refractivity contribution in [2.75, 3.05) is 5.75 Å². The number of benzene rings is 1. The summed E-state index contributed by atoms with van der Waals surface area (Å²) in [6.45, 7) is 3.64. The molecule has 2 N–H and O–H groups in total. The summed E-state index contributed by atoms with van der Waals surface area (Å²) in [5.41, 5.74) is 1.18. The van der Waals surface area contributed by atoms with Crippen molar-refractivity contribution in [3.05, 3.63) is 35.9 Å². The summed E-state index contributed by atoms with van der Waals surface area (Å²) in [4.78, 5) is 0. The third kappa shape index (κ3) is 3.27. The second kappa shape index (κ2) is 5.89. The van der Waals surface area contributed by atoms with E-state index in [9.17, 15) is 10.2 Å². The Kier molecular flexibility index (Phi) is 4.30. The Morgan fingerprint density at radius 3 is 2.52 bits per heavy atom. The average molecular weight is 310 g/mol. The molecule has 116 valence electrons. The number of thioether (sulfide) groups is 1. The third-order valence-electron chi connectivity index (χ3n) is 4.02. The molecule has 3 rings (SSSR count). The van der Waals surface area contributed by atoms with Crippen LogP contribution in [0.2, 0.25) is 0 Å². The highest BCUT2D eigenvalue weighted by molar-refractivity contribution is 8.00. The fourth-order valence-corrected chi connectivity index (χ4v) is 4.33. The number of hydrogen-bond donors (Lipinski definition) is 2. The van der Waals surface area contributed by atoms with E-state index in [4.69, 9.17) is 9.47 Å². The highest BCUT2D eigenvalue weighted by atomic mass is 32.2. The van der Waals surface area contributed by atoms with E-state index in [0.29, 0.717) is 5.75 Å². The molecule has 2 heterocycles. The highest BCUT2D eigenvalue weighted by Crippen LogP contribution is 2.39. The van der Waals surface area contributed by atoms with Crippen molar-refractivity contribution in [3.63, 3.8) is 0 Å². The molecule has 2 aliphatic rings. The molecule has 5 heteroatoms. The third-order valence-corrected chi connectivity index (χ3v) is 5.43. The molecular weight excluding hydrogens is 288 g/mol. The van der Waals surface area contributed by atoms with Crippen LogP contribution in [0.25, 0.3) is 0 Å². The molecule has 2 saturated heterocycles. The van der Waals surface area contributed by atoms with Crippen LogP contribution in [-0.4, -0.2) is 51.4 Å². The molecule has 5 unspecified atom stereocenters.